The first kappa shape index (κ1) is 23.2. The van der Waals surface area contributed by atoms with E-state index in [0.717, 1.165) is 5.92 Å². The molecule has 0 amide bonds. The monoisotopic (exact) mass is 343 g/mol. The van der Waals surface area contributed by atoms with Gasteiger partial charge in [-0.3, -0.25) is 0 Å². The van der Waals surface area contributed by atoms with Crippen LogP contribution in [0.2, 0.25) is 15.9 Å². The fraction of sp³-hybridized carbons (Fsp3) is 1.00. The Bertz CT molecular complexity index is 375. The zero-order valence-electron chi connectivity index (χ0n) is 18.8. The van der Waals surface area contributed by atoms with Crippen LogP contribution in [0.3, 0.4) is 0 Å². The van der Waals surface area contributed by atoms with Crippen LogP contribution in [0.25, 0.3) is 0 Å². The van der Waals surface area contributed by atoms with Crippen LogP contribution in [0, 0.1) is 11.3 Å². The predicted octanol–water partition coefficient (Wildman–Crippen LogP) is 8.01. The topological polar surface area (TPSA) is 0 Å². The highest BCUT2D eigenvalue weighted by atomic mass is 14.4. The second-order valence-electron chi connectivity index (χ2n) is 11.3. The van der Waals surface area contributed by atoms with Crippen molar-refractivity contribution in [3.05, 3.63) is 0 Å². The maximum atomic E-state index is 7.09. The van der Waals surface area contributed by atoms with Crippen LogP contribution >= 0.6 is 0 Å². The van der Waals surface area contributed by atoms with Crippen molar-refractivity contribution in [2.45, 2.75) is 136 Å². The number of hydrogen-bond acceptors (Lipinski definition) is 0. The lowest BCUT2D eigenvalue weighted by Crippen LogP contribution is -2.35. The molecule has 0 heterocycles. The van der Waals surface area contributed by atoms with Crippen molar-refractivity contribution in [2.24, 2.45) is 11.3 Å². The largest absolute Gasteiger partial charge is 0.124 e. The van der Waals surface area contributed by atoms with E-state index in [1.807, 2.05) is 0 Å². The summed E-state index contributed by atoms with van der Waals surface area (Å²) in [7, 11) is 9.61. The van der Waals surface area contributed by atoms with Crippen molar-refractivity contribution in [1.29, 1.82) is 0 Å². The molecule has 0 bridgehead atoms. The van der Waals surface area contributed by atoms with E-state index < -0.39 is 0 Å². The van der Waals surface area contributed by atoms with Gasteiger partial charge >= 0.3 is 0 Å². The van der Waals surface area contributed by atoms with Crippen LogP contribution in [0.5, 0.6) is 0 Å². The molecule has 25 heavy (non-hydrogen) atoms. The van der Waals surface area contributed by atoms with Crippen LogP contribution < -0.4 is 0 Å². The summed E-state index contributed by atoms with van der Waals surface area (Å²) in [5, 5.41) is 0.251. The first-order chi connectivity index (χ1) is 11.3. The molecule has 0 aromatic heterocycles. The van der Waals surface area contributed by atoms with E-state index in [1.165, 1.54) is 64.2 Å². The molecule has 1 aliphatic rings. The van der Waals surface area contributed by atoms with Crippen molar-refractivity contribution >= 4 is 15.1 Å². The van der Waals surface area contributed by atoms with Gasteiger partial charge in [-0.2, -0.15) is 0 Å². The summed E-state index contributed by atoms with van der Waals surface area (Å²) >= 11 is 0. The van der Waals surface area contributed by atoms with E-state index in [1.54, 1.807) is 0 Å². The normalized spacial score (nSPS) is 31.2. The zero-order valence-corrected chi connectivity index (χ0v) is 18.8. The molecule has 0 saturated heterocycles. The van der Waals surface area contributed by atoms with Gasteiger partial charge in [-0.25, -0.2) is 0 Å². The average Bonchev–Trinajstić information content (AvgIpc) is 2.42. The van der Waals surface area contributed by atoms with Crippen LogP contribution in [-0.4, -0.2) is 15.1 Å². The van der Waals surface area contributed by atoms with Crippen LogP contribution in [0.1, 0.15) is 120 Å². The Morgan fingerprint density at radius 1 is 0.760 bits per heavy atom. The van der Waals surface area contributed by atoms with Crippen molar-refractivity contribution in [1.82, 2.24) is 0 Å². The molecule has 0 N–H and O–H groups in total. The van der Waals surface area contributed by atoms with Gasteiger partial charge in [0.25, 0.3) is 0 Å². The molecule has 0 aromatic rings. The van der Waals surface area contributed by atoms with Crippen LogP contribution in [0.4, 0.5) is 0 Å². The second-order valence-corrected chi connectivity index (χ2v) is 11.3. The molecular weight excluding hydrogens is 298 g/mol. The predicted molar refractivity (Wildman–Crippen MR) is 117 cm³/mol. The maximum absolute atomic E-state index is 7.09. The maximum Gasteiger partial charge on any atom is 0.124 e. The fourth-order valence-corrected chi connectivity index (χ4v) is 4.99. The van der Waals surface area contributed by atoms with Gasteiger partial charge in [0, 0.05) is 0 Å². The highest BCUT2D eigenvalue weighted by molar-refractivity contribution is 6.46. The van der Waals surface area contributed by atoms with Gasteiger partial charge in [0.15, 0.2) is 0 Å². The molecule has 0 spiro atoms. The quantitative estimate of drug-likeness (QED) is 0.455. The molecule has 1 saturated carbocycles. The Morgan fingerprint density at radius 2 is 1.16 bits per heavy atom. The summed E-state index contributed by atoms with van der Waals surface area (Å²) in [6.07, 6.45) is 13.1. The van der Waals surface area contributed by atoms with Crippen LogP contribution in [0.15, 0.2) is 0 Å². The van der Waals surface area contributed by atoms with Gasteiger partial charge in [0.05, 0.1) is 7.85 Å². The summed E-state index contributed by atoms with van der Waals surface area (Å²) in [6.45, 7) is 19.0. The van der Waals surface area contributed by atoms with Crippen molar-refractivity contribution in [3.8, 4) is 0 Å². The van der Waals surface area contributed by atoms with Crippen molar-refractivity contribution in [2.75, 3.05) is 0 Å². The second kappa shape index (κ2) is 8.88. The summed E-state index contributed by atoms with van der Waals surface area (Å²) in [6, 6.07) is 0. The van der Waals surface area contributed by atoms with E-state index >= 15 is 0 Å². The smallest absolute Gasteiger partial charge is 0.0680 e. The molecular formula is C23H45B2. The number of hydrogen-bond donors (Lipinski definition) is 0. The molecule has 0 aromatic carbocycles. The number of rotatable bonds is 3. The zero-order chi connectivity index (χ0) is 19.4. The first-order valence-electron chi connectivity index (χ1n) is 11.0. The highest BCUT2D eigenvalue weighted by Crippen LogP contribution is 2.58. The standard InChI is InChI=1S/C23H45B2/c1-19(2)22(8)15-11-9-13-17-23(24,18-14-10-12-16-22)21(6,7)25-20(3,4)5/h19H,9-18H2,1-8H3. The Labute approximate surface area is 162 Å². The third kappa shape index (κ3) is 6.99. The van der Waals surface area contributed by atoms with Crippen LogP contribution in [-0.2, 0) is 0 Å². The molecule has 0 unspecified atom stereocenters. The van der Waals surface area contributed by atoms with Gasteiger partial charge in [-0.05, 0) is 24.2 Å². The van der Waals surface area contributed by atoms with Crippen molar-refractivity contribution in [3.63, 3.8) is 0 Å². The Morgan fingerprint density at radius 3 is 1.52 bits per heavy atom. The van der Waals surface area contributed by atoms with Gasteiger partial charge in [-0.1, -0.05) is 123 Å². The molecule has 1 rings (SSSR count). The van der Waals surface area contributed by atoms with Gasteiger partial charge < -0.3 is 0 Å². The molecule has 1 aliphatic carbocycles. The Balaban J connectivity index is 2.79. The first-order valence-corrected chi connectivity index (χ1v) is 11.0. The summed E-state index contributed by atoms with van der Waals surface area (Å²) < 4.78 is 0. The fourth-order valence-electron chi connectivity index (χ4n) is 4.99. The lowest BCUT2D eigenvalue weighted by molar-refractivity contribution is 0.165. The van der Waals surface area contributed by atoms with Gasteiger partial charge in [0.1, 0.15) is 7.28 Å². The minimum Gasteiger partial charge on any atom is -0.0680 e. The molecule has 0 aliphatic heterocycles. The molecule has 3 radical (unpaired) electrons. The third-order valence-corrected chi connectivity index (χ3v) is 7.21. The van der Waals surface area contributed by atoms with Gasteiger partial charge in [0.2, 0.25) is 0 Å². The molecule has 143 valence electrons. The van der Waals surface area contributed by atoms with E-state index in [2.05, 4.69) is 62.7 Å². The molecule has 0 nitrogen and oxygen atoms in total. The van der Waals surface area contributed by atoms with E-state index in [0.29, 0.717) is 5.41 Å². The Kier molecular flexibility index (Phi) is 8.23. The minimum atomic E-state index is -0.0547. The lowest BCUT2D eigenvalue weighted by atomic mass is 9.30. The third-order valence-electron chi connectivity index (χ3n) is 7.21. The summed E-state index contributed by atoms with van der Waals surface area (Å²) in [5.41, 5.74) is 0.540. The highest BCUT2D eigenvalue weighted by Gasteiger charge is 2.42. The SMILES string of the molecule is [B]C1(C(C)(C)[B]C(C)(C)C)CCCCCC(C)(C(C)C)CCCCC1. The van der Waals surface area contributed by atoms with Crippen molar-refractivity contribution < 1.29 is 0 Å². The minimum absolute atomic E-state index is 0.0547. The average molecular weight is 343 g/mol. The van der Waals surface area contributed by atoms with E-state index in [9.17, 15) is 0 Å². The van der Waals surface area contributed by atoms with E-state index in [-0.39, 0.29) is 15.9 Å². The summed E-state index contributed by atoms with van der Waals surface area (Å²) in [5.74, 6) is 0.796. The summed E-state index contributed by atoms with van der Waals surface area (Å²) in [4.78, 5) is 0. The Hall–Kier alpha value is 0.130. The molecule has 1 fully saturated rings. The molecule has 2 heteroatoms. The lowest BCUT2D eigenvalue weighted by Gasteiger charge is -2.49. The molecule has 0 atom stereocenters. The van der Waals surface area contributed by atoms with E-state index in [4.69, 9.17) is 7.85 Å². The van der Waals surface area contributed by atoms with Gasteiger partial charge in [-0.15, -0.1) is 0 Å².